The number of nitrogens with one attached hydrogen (secondary N) is 2. The third-order valence-electron chi connectivity index (χ3n) is 3.93. The molecular formula is C21H26N2O7S. The van der Waals surface area contributed by atoms with Crippen LogP contribution in [0.1, 0.15) is 19.4 Å². The second-order valence-electron chi connectivity index (χ2n) is 6.37. The van der Waals surface area contributed by atoms with E-state index < -0.39 is 35.1 Å². The third-order valence-corrected chi connectivity index (χ3v) is 5.35. The number of carbonyl (C=O) groups is 2. The van der Waals surface area contributed by atoms with Crippen molar-refractivity contribution >= 4 is 27.6 Å². The molecule has 2 N–H and O–H groups in total. The summed E-state index contributed by atoms with van der Waals surface area (Å²) in [7, 11) is -3.86. The van der Waals surface area contributed by atoms with Crippen LogP contribution < -0.4 is 19.5 Å². The van der Waals surface area contributed by atoms with E-state index in [0.717, 1.165) is 5.56 Å². The van der Waals surface area contributed by atoms with Gasteiger partial charge in [-0.1, -0.05) is 17.7 Å². The Bertz CT molecular complexity index is 1000. The number of hydrogen-bond donors (Lipinski definition) is 2. The van der Waals surface area contributed by atoms with E-state index in [9.17, 15) is 18.0 Å². The quantitative estimate of drug-likeness (QED) is 0.504. The van der Waals surface area contributed by atoms with Gasteiger partial charge in [0.2, 0.25) is 10.0 Å². The predicted molar refractivity (Wildman–Crippen MR) is 115 cm³/mol. The standard InChI is InChI=1S/C21H26N2O7S/c1-4-28-18-11-8-16(12-19(18)29-5-2)23-20(24)14-30-21(25)13-22-31(26,27)17-9-6-15(3)7-10-17/h6-12,22H,4-5,13-14H2,1-3H3,(H,23,24). The lowest BCUT2D eigenvalue weighted by atomic mass is 10.2. The van der Waals surface area contributed by atoms with E-state index >= 15 is 0 Å². The summed E-state index contributed by atoms with van der Waals surface area (Å²) >= 11 is 0. The Labute approximate surface area is 181 Å². The van der Waals surface area contributed by atoms with Crippen molar-refractivity contribution in [2.45, 2.75) is 25.7 Å². The molecule has 10 heteroatoms. The van der Waals surface area contributed by atoms with Crippen LogP contribution in [-0.4, -0.2) is 46.7 Å². The lowest BCUT2D eigenvalue weighted by Crippen LogP contribution is -2.32. The molecule has 0 saturated heterocycles. The van der Waals surface area contributed by atoms with Crippen LogP contribution in [0.3, 0.4) is 0 Å². The lowest BCUT2D eigenvalue weighted by molar-refractivity contribution is -0.146. The normalized spacial score (nSPS) is 10.9. The smallest absolute Gasteiger partial charge is 0.321 e. The maximum atomic E-state index is 12.2. The minimum atomic E-state index is -3.86. The van der Waals surface area contributed by atoms with Crippen molar-refractivity contribution in [3.63, 3.8) is 0 Å². The summed E-state index contributed by atoms with van der Waals surface area (Å²) in [6, 6.07) is 11.1. The van der Waals surface area contributed by atoms with Gasteiger partial charge >= 0.3 is 5.97 Å². The SMILES string of the molecule is CCOc1ccc(NC(=O)COC(=O)CNS(=O)(=O)c2ccc(C)cc2)cc1OCC. The Morgan fingerprint density at radius 2 is 1.58 bits per heavy atom. The molecule has 9 nitrogen and oxygen atoms in total. The first-order valence-corrected chi connectivity index (χ1v) is 11.1. The van der Waals surface area contributed by atoms with Crippen LogP contribution in [0.2, 0.25) is 0 Å². The predicted octanol–water partition coefficient (Wildman–Crippen LogP) is 2.25. The second kappa shape index (κ2) is 11.3. The summed E-state index contributed by atoms with van der Waals surface area (Å²) in [5.74, 6) is -0.437. The second-order valence-corrected chi connectivity index (χ2v) is 8.14. The lowest BCUT2D eigenvalue weighted by Gasteiger charge is -2.13. The van der Waals surface area contributed by atoms with Gasteiger partial charge in [0.1, 0.15) is 6.54 Å². The number of sulfonamides is 1. The maximum Gasteiger partial charge on any atom is 0.321 e. The molecule has 0 aliphatic rings. The number of amides is 1. The average Bonchev–Trinajstić information content (AvgIpc) is 2.73. The molecular weight excluding hydrogens is 424 g/mol. The first-order chi connectivity index (χ1) is 14.7. The zero-order chi connectivity index (χ0) is 22.9. The fourth-order valence-corrected chi connectivity index (χ4v) is 3.45. The molecule has 0 aromatic heterocycles. The number of benzene rings is 2. The van der Waals surface area contributed by atoms with Gasteiger partial charge in [0.05, 0.1) is 18.1 Å². The summed E-state index contributed by atoms with van der Waals surface area (Å²) in [4.78, 5) is 23.9. The van der Waals surface area contributed by atoms with Gasteiger partial charge in [-0.05, 0) is 45.0 Å². The highest BCUT2D eigenvalue weighted by Crippen LogP contribution is 2.30. The fraction of sp³-hybridized carbons (Fsp3) is 0.333. The fourth-order valence-electron chi connectivity index (χ4n) is 2.48. The number of carbonyl (C=O) groups excluding carboxylic acids is 2. The van der Waals surface area contributed by atoms with E-state index in [0.29, 0.717) is 30.4 Å². The zero-order valence-corrected chi connectivity index (χ0v) is 18.5. The summed E-state index contributed by atoms with van der Waals surface area (Å²) in [5, 5.41) is 2.58. The van der Waals surface area contributed by atoms with E-state index in [4.69, 9.17) is 14.2 Å². The van der Waals surface area contributed by atoms with Crippen LogP contribution in [0.5, 0.6) is 11.5 Å². The molecule has 0 radical (unpaired) electrons. The van der Waals surface area contributed by atoms with Gasteiger partial charge in [0, 0.05) is 11.8 Å². The van der Waals surface area contributed by atoms with Gasteiger partial charge in [-0.3, -0.25) is 9.59 Å². The molecule has 2 aromatic carbocycles. The summed E-state index contributed by atoms with van der Waals surface area (Å²) in [5.41, 5.74) is 1.35. The molecule has 0 heterocycles. The zero-order valence-electron chi connectivity index (χ0n) is 17.6. The molecule has 0 unspecified atom stereocenters. The third kappa shape index (κ3) is 7.58. The topological polar surface area (TPSA) is 120 Å². The van der Waals surface area contributed by atoms with E-state index in [1.165, 1.54) is 12.1 Å². The van der Waals surface area contributed by atoms with Crippen LogP contribution in [0.25, 0.3) is 0 Å². The molecule has 2 aromatic rings. The van der Waals surface area contributed by atoms with Gasteiger partial charge < -0.3 is 19.5 Å². The van der Waals surface area contributed by atoms with Crippen molar-refractivity contribution < 1.29 is 32.2 Å². The van der Waals surface area contributed by atoms with Crippen molar-refractivity contribution in [3.05, 3.63) is 48.0 Å². The Balaban J connectivity index is 1.84. The molecule has 168 valence electrons. The number of aryl methyl sites for hydroxylation is 1. The van der Waals surface area contributed by atoms with Crippen LogP contribution in [0, 0.1) is 6.92 Å². The van der Waals surface area contributed by atoms with Crippen LogP contribution in [-0.2, 0) is 24.3 Å². The maximum absolute atomic E-state index is 12.2. The molecule has 0 atom stereocenters. The number of anilines is 1. The number of hydrogen-bond acceptors (Lipinski definition) is 7. The molecule has 2 rings (SSSR count). The van der Waals surface area contributed by atoms with Crippen molar-refractivity contribution in [1.82, 2.24) is 4.72 Å². The van der Waals surface area contributed by atoms with E-state index in [1.807, 2.05) is 20.8 Å². The molecule has 0 fully saturated rings. The first kappa shape index (κ1) is 24.2. The van der Waals surface area contributed by atoms with E-state index in [2.05, 4.69) is 10.0 Å². The Kier molecular flexibility index (Phi) is 8.83. The average molecular weight is 451 g/mol. The monoisotopic (exact) mass is 450 g/mol. The molecule has 1 amide bonds. The molecule has 0 aliphatic carbocycles. The molecule has 31 heavy (non-hydrogen) atoms. The van der Waals surface area contributed by atoms with Gasteiger partial charge in [0.25, 0.3) is 5.91 Å². The van der Waals surface area contributed by atoms with Crippen molar-refractivity contribution in [2.24, 2.45) is 0 Å². The number of ether oxygens (including phenoxy) is 3. The summed E-state index contributed by atoms with van der Waals surface area (Å²) in [6.45, 7) is 5.23. The minimum absolute atomic E-state index is 0.0317. The number of rotatable bonds is 11. The van der Waals surface area contributed by atoms with Gasteiger partial charge in [-0.25, -0.2) is 8.42 Å². The van der Waals surface area contributed by atoms with Gasteiger partial charge in [-0.15, -0.1) is 0 Å². The van der Waals surface area contributed by atoms with E-state index in [1.54, 1.807) is 30.3 Å². The van der Waals surface area contributed by atoms with Gasteiger partial charge in [0.15, 0.2) is 18.1 Å². The summed E-state index contributed by atoms with van der Waals surface area (Å²) in [6.07, 6.45) is 0. The Morgan fingerprint density at radius 3 is 2.23 bits per heavy atom. The van der Waals surface area contributed by atoms with Crippen molar-refractivity contribution in [2.75, 3.05) is 31.7 Å². The number of esters is 1. The Hall–Kier alpha value is -3.11. The minimum Gasteiger partial charge on any atom is -0.490 e. The van der Waals surface area contributed by atoms with Crippen LogP contribution in [0.15, 0.2) is 47.4 Å². The van der Waals surface area contributed by atoms with Gasteiger partial charge in [-0.2, -0.15) is 4.72 Å². The highest BCUT2D eigenvalue weighted by atomic mass is 32.2. The molecule has 0 saturated carbocycles. The molecule has 0 bridgehead atoms. The Morgan fingerprint density at radius 1 is 0.935 bits per heavy atom. The van der Waals surface area contributed by atoms with Crippen molar-refractivity contribution in [1.29, 1.82) is 0 Å². The molecule has 0 spiro atoms. The van der Waals surface area contributed by atoms with E-state index in [-0.39, 0.29) is 4.90 Å². The highest BCUT2D eigenvalue weighted by Gasteiger charge is 2.17. The molecule has 0 aliphatic heterocycles. The summed E-state index contributed by atoms with van der Waals surface area (Å²) < 4.78 is 42.3. The largest absolute Gasteiger partial charge is 0.490 e. The van der Waals surface area contributed by atoms with Crippen molar-refractivity contribution in [3.8, 4) is 11.5 Å². The van der Waals surface area contributed by atoms with Crippen LogP contribution >= 0.6 is 0 Å². The first-order valence-electron chi connectivity index (χ1n) is 9.66. The highest BCUT2D eigenvalue weighted by molar-refractivity contribution is 7.89. The van der Waals surface area contributed by atoms with Crippen LogP contribution in [0.4, 0.5) is 5.69 Å².